The molecule has 2 N–H and O–H groups in total. The van der Waals surface area contributed by atoms with Crippen molar-refractivity contribution in [3.8, 4) is 0 Å². The smallest absolute Gasteiger partial charge is 0.290 e. The van der Waals surface area contributed by atoms with E-state index in [0.717, 1.165) is 6.07 Å². The molecule has 1 aromatic carbocycles. The number of nitro benzene ring substituents is 1. The van der Waals surface area contributed by atoms with Crippen molar-refractivity contribution in [2.75, 3.05) is 6.61 Å². The molecule has 0 heterocycles. The summed E-state index contributed by atoms with van der Waals surface area (Å²) in [5.74, 6) is -0.553. The molecule has 0 aromatic heterocycles. The number of aliphatic hydroxyl groups is 1. The van der Waals surface area contributed by atoms with Gasteiger partial charge in [0.2, 0.25) is 0 Å². The molecule has 0 fully saturated rings. The van der Waals surface area contributed by atoms with E-state index in [0.29, 0.717) is 6.42 Å². The van der Waals surface area contributed by atoms with Crippen molar-refractivity contribution < 1.29 is 14.8 Å². The molecule has 19 heavy (non-hydrogen) atoms. The second-order valence-electron chi connectivity index (χ2n) is 3.81. The Morgan fingerprint density at radius 2 is 2.16 bits per heavy atom. The molecular formula is C11H12Cl2N2O4. The minimum absolute atomic E-state index is 0.0213. The van der Waals surface area contributed by atoms with Gasteiger partial charge in [0, 0.05) is 11.6 Å². The Morgan fingerprint density at radius 3 is 2.63 bits per heavy atom. The van der Waals surface area contributed by atoms with Crippen LogP contribution < -0.4 is 5.32 Å². The SMILES string of the molecule is CC[C@H](CO)NC(=O)c1cc(Cl)c(Cl)c([N+](=O)[O-])c1. The zero-order valence-electron chi connectivity index (χ0n) is 10.0. The average molecular weight is 307 g/mol. The first-order chi connectivity index (χ1) is 8.90. The highest BCUT2D eigenvalue weighted by molar-refractivity contribution is 6.43. The van der Waals surface area contributed by atoms with Crippen LogP contribution in [0.4, 0.5) is 5.69 Å². The number of nitrogens with one attached hydrogen (secondary N) is 1. The predicted octanol–water partition coefficient (Wildman–Crippen LogP) is 2.40. The van der Waals surface area contributed by atoms with E-state index >= 15 is 0 Å². The van der Waals surface area contributed by atoms with Crippen LogP contribution in [0.1, 0.15) is 23.7 Å². The Morgan fingerprint density at radius 1 is 1.53 bits per heavy atom. The molecule has 0 bridgehead atoms. The number of rotatable bonds is 5. The molecule has 1 rings (SSSR count). The predicted molar refractivity (Wildman–Crippen MR) is 71.7 cm³/mol. The van der Waals surface area contributed by atoms with Gasteiger partial charge in [-0.25, -0.2) is 0 Å². The summed E-state index contributed by atoms with van der Waals surface area (Å²) >= 11 is 11.4. The first-order valence-electron chi connectivity index (χ1n) is 5.45. The average Bonchev–Trinajstić information content (AvgIpc) is 2.38. The summed E-state index contributed by atoms with van der Waals surface area (Å²) in [5.41, 5.74) is -0.413. The third kappa shape index (κ3) is 3.79. The van der Waals surface area contributed by atoms with Gasteiger partial charge in [0.25, 0.3) is 11.6 Å². The lowest BCUT2D eigenvalue weighted by Gasteiger charge is -2.14. The Bertz CT molecular complexity index is 504. The van der Waals surface area contributed by atoms with Gasteiger partial charge in [0.1, 0.15) is 5.02 Å². The van der Waals surface area contributed by atoms with E-state index in [-0.39, 0.29) is 22.2 Å². The summed E-state index contributed by atoms with van der Waals surface area (Å²) in [5, 5.41) is 22.0. The van der Waals surface area contributed by atoms with Crippen molar-refractivity contribution in [2.45, 2.75) is 19.4 Å². The third-order valence-electron chi connectivity index (χ3n) is 2.52. The largest absolute Gasteiger partial charge is 0.394 e. The Labute approximate surface area is 119 Å². The van der Waals surface area contributed by atoms with E-state index in [2.05, 4.69) is 5.32 Å². The minimum Gasteiger partial charge on any atom is -0.394 e. The maximum atomic E-state index is 11.9. The van der Waals surface area contributed by atoms with Crippen LogP contribution in [0, 0.1) is 10.1 Å². The topological polar surface area (TPSA) is 92.5 Å². The first-order valence-corrected chi connectivity index (χ1v) is 6.21. The molecule has 6 nitrogen and oxygen atoms in total. The van der Waals surface area contributed by atoms with Crippen molar-refractivity contribution in [2.24, 2.45) is 0 Å². The number of amides is 1. The van der Waals surface area contributed by atoms with Crippen molar-refractivity contribution in [1.82, 2.24) is 5.32 Å². The number of hydrogen-bond donors (Lipinski definition) is 2. The number of benzene rings is 1. The van der Waals surface area contributed by atoms with Crippen LogP contribution in [0.2, 0.25) is 10.0 Å². The number of hydrogen-bond acceptors (Lipinski definition) is 4. The van der Waals surface area contributed by atoms with Gasteiger partial charge in [-0.3, -0.25) is 14.9 Å². The first kappa shape index (κ1) is 15.7. The zero-order chi connectivity index (χ0) is 14.6. The van der Waals surface area contributed by atoms with Gasteiger partial charge in [-0.15, -0.1) is 0 Å². The Hall–Kier alpha value is -1.37. The number of aliphatic hydroxyl groups excluding tert-OH is 1. The van der Waals surface area contributed by atoms with Gasteiger partial charge < -0.3 is 10.4 Å². The van der Waals surface area contributed by atoms with Crippen molar-refractivity contribution in [1.29, 1.82) is 0 Å². The van der Waals surface area contributed by atoms with Crippen molar-refractivity contribution >= 4 is 34.8 Å². The minimum atomic E-state index is -0.714. The fraction of sp³-hybridized carbons (Fsp3) is 0.364. The molecule has 104 valence electrons. The van der Waals surface area contributed by atoms with Crippen LogP contribution >= 0.6 is 23.2 Å². The van der Waals surface area contributed by atoms with Crippen LogP contribution in [0.3, 0.4) is 0 Å². The van der Waals surface area contributed by atoms with Crippen LogP contribution in [0.15, 0.2) is 12.1 Å². The van der Waals surface area contributed by atoms with E-state index in [4.69, 9.17) is 28.3 Å². The summed E-state index contributed by atoms with van der Waals surface area (Å²) in [4.78, 5) is 21.9. The molecule has 0 saturated carbocycles. The highest BCUT2D eigenvalue weighted by Gasteiger charge is 2.21. The standard InChI is InChI=1S/C11H12Cl2N2O4/c1-2-7(5-16)14-11(17)6-3-8(12)10(13)9(4-6)15(18)19/h3-4,7,16H,2,5H2,1H3,(H,14,17)/t7-/m1/s1. The summed E-state index contributed by atoms with van der Waals surface area (Å²) in [6.45, 7) is 1.57. The van der Waals surface area contributed by atoms with Gasteiger partial charge in [0.05, 0.1) is 22.6 Å². The summed E-state index contributed by atoms with van der Waals surface area (Å²) in [7, 11) is 0. The second kappa shape index (κ2) is 6.70. The molecule has 1 aromatic rings. The number of nitro groups is 1. The summed E-state index contributed by atoms with van der Waals surface area (Å²) in [6, 6.07) is 1.88. The Kier molecular flexibility index (Phi) is 5.53. The number of halogens is 2. The maximum absolute atomic E-state index is 11.9. The Balaban J connectivity index is 3.07. The fourth-order valence-electron chi connectivity index (χ4n) is 1.38. The van der Waals surface area contributed by atoms with E-state index in [1.807, 2.05) is 0 Å². The molecule has 0 unspecified atom stereocenters. The van der Waals surface area contributed by atoms with Gasteiger partial charge in [-0.05, 0) is 12.5 Å². The van der Waals surface area contributed by atoms with Crippen molar-refractivity contribution in [3.63, 3.8) is 0 Å². The molecule has 0 aliphatic heterocycles. The van der Waals surface area contributed by atoms with Gasteiger partial charge in [-0.1, -0.05) is 30.1 Å². The molecule has 1 amide bonds. The highest BCUT2D eigenvalue weighted by atomic mass is 35.5. The van der Waals surface area contributed by atoms with E-state index in [1.165, 1.54) is 6.07 Å². The molecule has 8 heteroatoms. The summed E-state index contributed by atoms with van der Waals surface area (Å²) < 4.78 is 0. The molecule has 1 atom stereocenters. The zero-order valence-corrected chi connectivity index (χ0v) is 11.5. The van der Waals surface area contributed by atoms with Crippen LogP contribution in [-0.2, 0) is 0 Å². The molecule has 0 radical (unpaired) electrons. The van der Waals surface area contributed by atoms with E-state index < -0.39 is 22.6 Å². The van der Waals surface area contributed by atoms with Gasteiger partial charge in [-0.2, -0.15) is 0 Å². The second-order valence-corrected chi connectivity index (χ2v) is 4.59. The normalized spacial score (nSPS) is 12.0. The lowest BCUT2D eigenvalue weighted by atomic mass is 10.1. The molecule has 0 saturated heterocycles. The molecular weight excluding hydrogens is 295 g/mol. The number of nitrogens with zero attached hydrogens (tertiary/aromatic N) is 1. The number of carbonyl (C=O) groups excluding carboxylic acids is 1. The quantitative estimate of drug-likeness (QED) is 0.645. The number of carbonyl (C=O) groups is 1. The lowest BCUT2D eigenvalue weighted by molar-refractivity contribution is -0.384. The highest BCUT2D eigenvalue weighted by Crippen LogP contribution is 2.33. The van der Waals surface area contributed by atoms with Crippen LogP contribution in [0.25, 0.3) is 0 Å². The fourth-order valence-corrected chi connectivity index (χ4v) is 1.78. The van der Waals surface area contributed by atoms with Crippen LogP contribution in [0.5, 0.6) is 0 Å². The van der Waals surface area contributed by atoms with Gasteiger partial charge in [0.15, 0.2) is 0 Å². The van der Waals surface area contributed by atoms with Crippen LogP contribution in [-0.4, -0.2) is 28.6 Å². The van der Waals surface area contributed by atoms with E-state index in [9.17, 15) is 14.9 Å². The monoisotopic (exact) mass is 306 g/mol. The van der Waals surface area contributed by atoms with Crippen molar-refractivity contribution in [3.05, 3.63) is 37.9 Å². The van der Waals surface area contributed by atoms with Gasteiger partial charge >= 0.3 is 0 Å². The molecule has 0 aliphatic carbocycles. The lowest BCUT2D eigenvalue weighted by Crippen LogP contribution is -2.36. The summed E-state index contributed by atoms with van der Waals surface area (Å²) in [6.07, 6.45) is 0.533. The maximum Gasteiger partial charge on any atom is 0.290 e. The third-order valence-corrected chi connectivity index (χ3v) is 3.31. The molecule has 0 aliphatic rings. The van der Waals surface area contributed by atoms with E-state index in [1.54, 1.807) is 6.92 Å². The molecule has 0 spiro atoms.